The molecule has 0 aliphatic rings. The summed E-state index contributed by atoms with van der Waals surface area (Å²) in [5.41, 5.74) is 0.432. The van der Waals surface area contributed by atoms with Crippen LogP contribution in [0.25, 0.3) is 0 Å². The Labute approximate surface area is 113 Å². The Kier molecular flexibility index (Phi) is 7.62. The summed E-state index contributed by atoms with van der Waals surface area (Å²) in [5, 5.41) is 0. The number of methoxy groups -OCH3 is 1. The number of carbonyl (C=O) groups is 1. The number of para-hydroxylation sites is 1. The summed E-state index contributed by atoms with van der Waals surface area (Å²) in [6, 6.07) is 7.00. The highest BCUT2D eigenvalue weighted by Crippen LogP contribution is 2.18. The summed E-state index contributed by atoms with van der Waals surface area (Å²) < 4.78 is 20.6. The minimum Gasteiger partial charge on any atom is -0.490 e. The Bertz CT molecular complexity index is 378. The van der Waals surface area contributed by atoms with Crippen LogP contribution in [0.3, 0.4) is 0 Å². The highest BCUT2D eigenvalue weighted by Gasteiger charge is 2.12. The molecule has 0 spiro atoms. The van der Waals surface area contributed by atoms with E-state index in [2.05, 4.69) is 0 Å². The van der Waals surface area contributed by atoms with Gasteiger partial charge in [-0.3, -0.25) is 0 Å². The molecule has 0 radical (unpaired) electrons. The van der Waals surface area contributed by atoms with Gasteiger partial charge < -0.3 is 18.9 Å². The molecule has 0 atom stereocenters. The van der Waals surface area contributed by atoms with Gasteiger partial charge in [0.05, 0.1) is 26.4 Å². The number of hydrogen-bond donors (Lipinski definition) is 0. The van der Waals surface area contributed by atoms with Crippen molar-refractivity contribution in [2.45, 2.75) is 6.92 Å². The van der Waals surface area contributed by atoms with Crippen molar-refractivity contribution < 1.29 is 23.7 Å². The standard InChI is InChI=1S/C14H20O5/c1-3-18-14(15)12-6-4-5-7-13(12)19-11-10-17-9-8-16-2/h4-7H,3,8-11H2,1-2H3. The van der Waals surface area contributed by atoms with Crippen molar-refractivity contribution in [1.82, 2.24) is 0 Å². The Morgan fingerprint density at radius 2 is 1.84 bits per heavy atom. The Morgan fingerprint density at radius 3 is 2.58 bits per heavy atom. The van der Waals surface area contributed by atoms with Crippen LogP contribution in [0.2, 0.25) is 0 Å². The van der Waals surface area contributed by atoms with Crippen molar-refractivity contribution in [3.05, 3.63) is 29.8 Å². The van der Waals surface area contributed by atoms with E-state index in [9.17, 15) is 4.79 Å². The number of benzene rings is 1. The summed E-state index contributed by atoms with van der Waals surface area (Å²) in [7, 11) is 1.62. The van der Waals surface area contributed by atoms with Crippen molar-refractivity contribution in [3.8, 4) is 5.75 Å². The van der Waals surface area contributed by atoms with Gasteiger partial charge in [-0.15, -0.1) is 0 Å². The third-order valence-corrected chi connectivity index (χ3v) is 2.30. The summed E-state index contributed by atoms with van der Waals surface area (Å²) in [6.45, 7) is 4.01. The first-order valence-electron chi connectivity index (χ1n) is 6.25. The van der Waals surface area contributed by atoms with E-state index >= 15 is 0 Å². The molecule has 0 saturated heterocycles. The maximum Gasteiger partial charge on any atom is 0.341 e. The topological polar surface area (TPSA) is 54.0 Å². The number of esters is 1. The summed E-state index contributed by atoms with van der Waals surface area (Å²) >= 11 is 0. The molecule has 5 nitrogen and oxygen atoms in total. The third kappa shape index (κ3) is 5.72. The largest absolute Gasteiger partial charge is 0.490 e. The summed E-state index contributed by atoms with van der Waals surface area (Å²) in [5.74, 6) is 0.134. The quantitative estimate of drug-likeness (QED) is 0.506. The molecule has 1 aromatic rings. The number of ether oxygens (including phenoxy) is 4. The average molecular weight is 268 g/mol. The van der Waals surface area contributed by atoms with Gasteiger partial charge in [0, 0.05) is 7.11 Å². The van der Waals surface area contributed by atoms with E-state index in [1.807, 2.05) is 6.07 Å². The van der Waals surface area contributed by atoms with E-state index in [1.165, 1.54) is 0 Å². The second-order valence-corrected chi connectivity index (χ2v) is 3.67. The molecule has 0 aliphatic heterocycles. The van der Waals surface area contributed by atoms with Gasteiger partial charge in [0.1, 0.15) is 17.9 Å². The maximum atomic E-state index is 11.7. The van der Waals surface area contributed by atoms with Gasteiger partial charge in [-0.05, 0) is 19.1 Å². The van der Waals surface area contributed by atoms with Crippen molar-refractivity contribution in [2.75, 3.05) is 40.1 Å². The van der Waals surface area contributed by atoms with Crippen molar-refractivity contribution in [1.29, 1.82) is 0 Å². The average Bonchev–Trinajstić information content (AvgIpc) is 2.43. The molecule has 0 heterocycles. The van der Waals surface area contributed by atoms with Crippen LogP contribution in [0.15, 0.2) is 24.3 Å². The number of rotatable bonds is 9. The molecule has 0 fully saturated rings. The van der Waals surface area contributed by atoms with E-state index in [0.29, 0.717) is 44.3 Å². The first-order chi connectivity index (χ1) is 9.29. The fourth-order valence-corrected chi connectivity index (χ4v) is 1.42. The monoisotopic (exact) mass is 268 g/mol. The van der Waals surface area contributed by atoms with Gasteiger partial charge in [-0.2, -0.15) is 0 Å². The lowest BCUT2D eigenvalue weighted by Gasteiger charge is -2.10. The minimum atomic E-state index is -0.376. The smallest absolute Gasteiger partial charge is 0.341 e. The zero-order valence-corrected chi connectivity index (χ0v) is 11.4. The van der Waals surface area contributed by atoms with Crippen LogP contribution >= 0.6 is 0 Å². The van der Waals surface area contributed by atoms with E-state index < -0.39 is 0 Å². The maximum absolute atomic E-state index is 11.7. The molecule has 0 aromatic heterocycles. The normalized spacial score (nSPS) is 10.2. The molecule has 0 bridgehead atoms. The molecule has 0 aliphatic carbocycles. The van der Waals surface area contributed by atoms with E-state index in [0.717, 1.165) is 0 Å². The van der Waals surface area contributed by atoms with Crippen LogP contribution in [0.4, 0.5) is 0 Å². The molecular formula is C14H20O5. The fourth-order valence-electron chi connectivity index (χ4n) is 1.42. The van der Waals surface area contributed by atoms with Crippen LogP contribution < -0.4 is 4.74 Å². The Hall–Kier alpha value is -1.59. The molecule has 0 amide bonds. The molecule has 1 rings (SSSR count). The first-order valence-corrected chi connectivity index (χ1v) is 6.25. The van der Waals surface area contributed by atoms with Gasteiger partial charge in [-0.25, -0.2) is 4.79 Å². The number of carbonyl (C=O) groups excluding carboxylic acids is 1. The molecule has 0 unspecified atom stereocenters. The van der Waals surface area contributed by atoms with E-state index in [-0.39, 0.29) is 5.97 Å². The van der Waals surface area contributed by atoms with Crippen LogP contribution in [0.5, 0.6) is 5.75 Å². The van der Waals surface area contributed by atoms with Gasteiger partial charge in [0.2, 0.25) is 0 Å². The predicted molar refractivity (Wildman–Crippen MR) is 70.6 cm³/mol. The number of hydrogen-bond acceptors (Lipinski definition) is 5. The van der Waals surface area contributed by atoms with Gasteiger partial charge >= 0.3 is 5.97 Å². The lowest BCUT2D eigenvalue weighted by atomic mass is 10.2. The lowest BCUT2D eigenvalue weighted by molar-refractivity contribution is 0.0493. The highest BCUT2D eigenvalue weighted by atomic mass is 16.5. The van der Waals surface area contributed by atoms with Gasteiger partial charge in [0.25, 0.3) is 0 Å². The Balaban J connectivity index is 2.42. The molecule has 19 heavy (non-hydrogen) atoms. The molecule has 106 valence electrons. The SMILES string of the molecule is CCOC(=O)c1ccccc1OCCOCCOC. The van der Waals surface area contributed by atoms with Crippen molar-refractivity contribution in [2.24, 2.45) is 0 Å². The van der Waals surface area contributed by atoms with Gasteiger partial charge in [-0.1, -0.05) is 12.1 Å². The van der Waals surface area contributed by atoms with E-state index in [1.54, 1.807) is 32.2 Å². The van der Waals surface area contributed by atoms with Crippen LogP contribution in [0, 0.1) is 0 Å². The van der Waals surface area contributed by atoms with Crippen LogP contribution in [-0.4, -0.2) is 46.1 Å². The second kappa shape index (κ2) is 9.35. The van der Waals surface area contributed by atoms with E-state index in [4.69, 9.17) is 18.9 Å². The van der Waals surface area contributed by atoms with Crippen LogP contribution in [0.1, 0.15) is 17.3 Å². The van der Waals surface area contributed by atoms with Crippen molar-refractivity contribution >= 4 is 5.97 Å². The summed E-state index contributed by atoms with van der Waals surface area (Å²) in [6.07, 6.45) is 0. The molecular weight excluding hydrogens is 248 g/mol. The summed E-state index contributed by atoms with van der Waals surface area (Å²) in [4.78, 5) is 11.7. The molecule has 0 saturated carbocycles. The highest BCUT2D eigenvalue weighted by molar-refractivity contribution is 5.92. The van der Waals surface area contributed by atoms with Crippen LogP contribution in [-0.2, 0) is 14.2 Å². The van der Waals surface area contributed by atoms with Gasteiger partial charge in [0.15, 0.2) is 0 Å². The minimum absolute atomic E-state index is 0.341. The predicted octanol–water partition coefficient (Wildman–Crippen LogP) is 1.91. The zero-order valence-electron chi connectivity index (χ0n) is 11.4. The zero-order chi connectivity index (χ0) is 13.9. The lowest BCUT2D eigenvalue weighted by Crippen LogP contribution is -2.12. The second-order valence-electron chi connectivity index (χ2n) is 3.67. The Morgan fingerprint density at radius 1 is 1.11 bits per heavy atom. The first kappa shape index (κ1) is 15.5. The van der Waals surface area contributed by atoms with Crippen molar-refractivity contribution in [3.63, 3.8) is 0 Å². The molecule has 0 N–H and O–H groups in total. The molecule has 5 heteroatoms. The molecule has 1 aromatic carbocycles. The third-order valence-electron chi connectivity index (χ3n) is 2.30. The fraction of sp³-hybridized carbons (Fsp3) is 0.500.